The van der Waals surface area contributed by atoms with Gasteiger partial charge in [-0.2, -0.15) is 0 Å². The van der Waals surface area contributed by atoms with Crippen LogP contribution >= 0.6 is 0 Å². The third-order valence-corrected chi connectivity index (χ3v) is 6.06. The Morgan fingerprint density at radius 2 is 1.72 bits per heavy atom. The number of hydrogen-bond acceptors (Lipinski definition) is 4. The molecule has 2 saturated heterocycles. The van der Waals surface area contributed by atoms with E-state index in [1.165, 1.54) is 5.56 Å². The summed E-state index contributed by atoms with van der Waals surface area (Å²) in [5, 5.41) is 0. The summed E-state index contributed by atoms with van der Waals surface area (Å²) < 4.78 is 0. The first-order valence-electron chi connectivity index (χ1n) is 10.5. The first-order valence-corrected chi connectivity index (χ1v) is 10.5. The molecule has 0 unspecified atom stereocenters. The number of carbonyl (C=O) groups excluding carboxylic acids is 2. The zero-order valence-corrected chi connectivity index (χ0v) is 16.7. The van der Waals surface area contributed by atoms with E-state index in [-0.39, 0.29) is 5.91 Å². The third kappa shape index (κ3) is 4.75. The van der Waals surface area contributed by atoms with Crippen LogP contribution in [0.5, 0.6) is 0 Å². The Kier molecular flexibility index (Phi) is 6.08. The van der Waals surface area contributed by atoms with Crippen molar-refractivity contribution in [3.63, 3.8) is 0 Å². The summed E-state index contributed by atoms with van der Waals surface area (Å²) >= 11 is 0. The smallest absolute Gasteiger partial charge is 0.272 e. The van der Waals surface area contributed by atoms with Crippen molar-refractivity contribution in [2.45, 2.75) is 19.3 Å². The minimum absolute atomic E-state index is 0.0450. The molecule has 6 nitrogen and oxygen atoms in total. The molecule has 0 radical (unpaired) electrons. The molecule has 152 valence electrons. The van der Waals surface area contributed by atoms with Gasteiger partial charge >= 0.3 is 0 Å². The van der Waals surface area contributed by atoms with E-state index < -0.39 is 0 Å². The first kappa shape index (κ1) is 19.4. The molecule has 0 N–H and O–H groups in total. The Bertz CT molecular complexity index is 826. The van der Waals surface area contributed by atoms with Gasteiger partial charge in [-0.1, -0.05) is 30.3 Å². The molecule has 0 spiro atoms. The first-order chi connectivity index (χ1) is 14.2. The molecule has 2 aliphatic heterocycles. The van der Waals surface area contributed by atoms with E-state index in [1.54, 1.807) is 16.0 Å². The van der Waals surface area contributed by atoms with Gasteiger partial charge in [-0.15, -0.1) is 0 Å². The van der Waals surface area contributed by atoms with E-state index in [2.05, 4.69) is 40.2 Å². The Balaban J connectivity index is 1.34. The lowest BCUT2D eigenvalue weighted by atomic mass is 9.90. The summed E-state index contributed by atoms with van der Waals surface area (Å²) in [7, 11) is 0. The Labute approximate surface area is 172 Å². The highest BCUT2D eigenvalue weighted by Crippen LogP contribution is 2.26. The van der Waals surface area contributed by atoms with Crippen molar-refractivity contribution in [1.82, 2.24) is 14.8 Å². The molecule has 4 rings (SSSR count). The molecule has 1 aromatic carbocycles. The molecule has 2 amide bonds. The molecule has 0 saturated carbocycles. The number of carbonyl (C=O) groups is 2. The lowest BCUT2D eigenvalue weighted by molar-refractivity contribution is -0.119. The number of nitrogens with zero attached hydrogens (tertiary/aromatic N) is 4. The predicted molar refractivity (Wildman–Crippen MR) is 113 cm³/mol. The van der Waals surface area contributed by atoms with E-state index in [9.17, 15) is 9.59 Å². The van der Waals surface area contributed by atoms with Crippen molar-refractivity contribution in [2.24, 2.45) is 5.92 Å². The molecule has 0 aliphatic carbocycles. The van der Waals surface area contributed by atoms with Crippen LogP contribution in [0, 0.1) is 5.92 Å². The number of benzene rings is 1. The van der Waals surface area contributed by atoms with Gasteiger partial charge in [-0.25, -0.2) is 0 Å². The van der Waals surface area contributed by atoms with Gasteiger partial charge in [-0.3, -0.25) is 14.6 Å². The van der Waals surface area contributed by atoms with Crippen molar-refractivity contribution in [2.75, 3.05) is 44.2 Å². The standard InChI is InChI=1S/C23H28N4O2/c28-18-25-12-14-27(15-13-25)23(29)22-17-21(6-9-24-22)26-10-7-20(8-11-26)16-19-4-2-1-3-5-19/h1-6,9,17-18,20H,7-8,10-16H2. The minimum Gasteiger partial charge on any atom is -0.371 e. The SMILES string of the molecule is O=CN1CCN(C(=O)c2cc(N3CCC(Cc4ccccc4)CC3)ccn2)CC1. The summed E-state index contributed by atoms with van der Waals surface area (Å²) in [6.45, 7) is 4.32. The van der Waals surface area contributed by atoms with Gasteiger partial charge in [0.1, 0.15) is 5.69 Å². The normalized spacial score (nSPS) is 18.0. The maximum absolute atomic E-state index is 12.8. The topological polar surface area (TPSA) is 56.8 Å². The molecule has 1 aromatic heterocycles. The van der Waals surface area contributed by atoms with Crippen LogP contribution in [-0.2, 0) is 11.2 Å². The van der Waals surface area contributed by atoms with E-state index in [4.69, 9.17) is 0 Å². The number of pyridine rings is 1. The number of amides is 2. The van der Waals surface area contributed by atoms with Crippen molar-refractivity contribution in [3.05, 3.63) is 59.9 Å². The summed E-state index contributed by atoms with van der Waals surface area (Å²) in [6.07, 6.45) is 6.05. The highest BCUT2D eigenvalue weighted by Gasteiger charge is 2.24. The quantitative estimate of drug-likeness (QED) is 0.734. The molecule has 0 atom stereocenters. The molecule has 2 fully saturated rings. The van der Waals surface area contributed by atoms with Crippen molar-refractivity contribution < 1.29 is 9.59 Å². The number of piperazine rings is 1. The van der Waals surface area contributed by atoms with Crippen LogP contribution in [0.1, 0.15) is 28.9 Å². The van der Waals surface area contributed by atoms with Crippen LogP contribution in [0.15, 0.2) is 48.7 Å². The molecule has 0 bridgehead atoms. The van der Waals surface area contributed by atoms with Crippen molar-refractivity contribution in [1.29, 1.82) is 0 Å². The average Bonchev–Trinajstić information content (AvgIpc) is 2.80. The zero-order valence-electron chi connectivity index (χ0n) is 16.7. The molecular formula is C23H28N4O2. The molecule has 29 heavy (non-hydrogen) atoms. The molecule has 6 heteroatoms. The highest BCUT2D eigenvalue weighted by atomic mass is 16.2. The number of piperidine rings is 1. The second-order valence-electron chi connectivity index (χ2n) is 7.95. The highest BCUT2D eigenvalue weighted by molar-refractivity contribution is 5.93. The van der Waals surface area contributed by atoms with Crippen molar-refractivity contribution >= 4 is 18.0 Å². The van der Waals surface area contributed by atoms with Gasteiger partial charge in [0.25, 0.3) is 5.91 Å². The Morgan fingerprint density at radius 3 is 2.41 bits per heavy atom. The maximum atomic E-state index is 12.8. The second kappa shape index (κ2) is 9.07. The van der Waals surface area contributed by atoms with Gasteiger partial charge < -0.3 is 14.7 Å². The van der Waals surface area contributed by atoms with E-state index >= 15 is 0 Å². The van der Waals surface area contributed by atoms with Crippen LogP contribution in [0.2, 0.25) is 0 Å². The maximum Gasteiger partial charge on any atom is 0.272 e. The zero-order chi connectivity index (χ0) is 20.1. The van der Waals surface area contributed by atoms with E-state index in [0.29, 0.717) is 37.8 Å². The van der Waals surface area contributed by atoms with Crippen LogP contribution in [0.4, 0.5) is 5.69 Å². The van der Waals surface area contributed by atoms with Crippen LogP contribution in [0.25, 0.3) is 0 Å². The summed E-state index contributed by atoms with van der Waals surface area (Å²) in [5.74, 6) is 0.669. The fourth-order valence-electron chi connectivity index (χ4n) is 4.27. The summed E-state index contributed by atoms with van der Waals surface area (Å²) in [5.41, 5.74) is 2.99. The minimum atomic E-state index is -0.0450. The van der Waals surface area contributed by atoms with Gasteiger partial charge in [0.15, 0.2) is 0 Å². The van der Waals surface area contributed by atoms with E-state index in [0.717, 1.165) is 44.4 Å². The van der Waals surface area contributed by atoms with Crippen LogP contribution in [-0.4, -0.2) is 66.4 Å². The van der Waals surface area contributed by atoms with Gasteiger partial charge in [0.05, 0.1) is 0 Å². The lowest BCUT2D eigenvalue weighted by Gasteiger charge is -2.34. The summed E-state index contributed by atoms with van der Waals surface area (Å²) in [4.78, 5) is 33.9. The Morgan fingerprint density at radius 1 is 1.00 bits per heavy atom. The fraction of sp³-hybridized carbons (Fsp3) is 0.435. The molecule has 2 aromatic rings. The van der Waals surface area contributed by atoms with E-state index in [1.807, 2.05) is 12.1 Å². The molecular weight excluding hydrogens is 364 g/mol. The Hall–Kier alpha value is -2.89. The van der Waals surface area contributed by atoms with Gasteiger partial charge in [-0.05, 0) is 42.9 Å². The number of aromatic nitrogens is 1. The predicted octanol–water partition coefficient (Wildman–Crippen LogP) is 2.45. The molecule has 2 aliphatic rings. The number of anilines is 1. The number of rotatable bonds is 5. The van der Waals surface area contributed by atoms with Gasteiger partial charge in [0.2, 0.25) is 6.41 Å². The monoisotopic (exact) mass is 392 g/mol. The largest absolute Gasteiger partial charge is 0.371 e. The fourth-order valence-corrected chi connectivity index (χ4v) is 4.27. The summed E-state index contributed by atoms with van der Waals surface area (Å²) in [6, 6.07) is 14.6. The van der Waals surface area contributed by atoms with Crippen LogP contribution in [0.3, 0.4) is 0 Å². The van der Waals surface area contributed by atoms with Crippen LogP contribution < -0.4 is 4.90 Å². The third-order valence-electron chi connectivity index (χ3n) is 6.06. The van der Waals surface area contributed by atoms with Gasteiger partial charge in [0, 0.05) is 51.2 Å². The lowest BCUT2D eigenvalue weighted by Crippen LogP contribution is -2.48. The number of hydrogen-bond donors (Lipinski definition) is 0. The average molecular weight is 393 g/mol. The second-order valence-corrected chi connectivity index (χ2v) is 7.95. The molecule has 3 heterocycles. The van der Waals surface area contributed by atoms with Crippen molar-refractivity contribution in [3.8, 4) is 0 Å².